The predicted octanol–water partition coefficient (Wildman–Crippen LogP) is 2.05. The van der Waals surface area contributed by atoms with Crippen molar-refractivity contribution in [2.24, 2.45) is 5.84 Å². The SMILES string of the molecule is COc1cccc(N(C)c2nc(NN)ccc2[N+](=O)[O-])c1. The molecule has 2 rings (SSSR count). The molecule has 0 atom stereocenters. The fourth-order valence-corrected chi connectivity index (χ4v) is 1.85. The van der Waals surface area contributed by atoms with Crippen LogP contribution in [0.3, 0.4) is 0 Å². The number of nitrogens with one attached hydrogen (secondary N) is 1. The van der Waals surface area contributed by atoms with Crippen molar-refractivity contribution in [3.63, 3.8) is 0 Å². The van der Waals surface area contributed by atoms with Gasteiger partial charge in [-0.05, 0) is 18.2 Å². The largest absolute Gasteiger partial charge is 0.497 e. The minimum absolute atomic E-state index is 0.112. The lowest BCUT2D eigenvalue weighted by atomic mass is 10.2. The first kappa shape index (κ1) is 14.5. The lowest BCUT2D eigenvalue weighted by Gasteiger charge is -2.19. The van der Waals surface area contributed by atoms with E-state index in [2.05, 4.69) is 10.4 Å². The summed E-state index contributed by atoms with van der Waals surface area (Å²) in [5.41, 5.74) is 2.97. The molecule has 0 bridgehead atoms. The molecule has 21 heavy (non-hydrogen) atoms. The minimum atomic E-state index is -0.487. The number of hydrazine groups is 1. The molecule has 1 aromatic heterocycles. The summed E-state index contributed by atoms with van der Waals surface area (Å²) in [5, 5.41) is 11.1. The lowest BCUT2D eigenvalue weighted by Crippen LogP contribution is -2.16. The first-order valence-corrected chi connectivity index (χ1v) is 6.06. The third-order valence-electron chi connectivity index (χ3n) is 2.96. The van der Waals surface area contributed by atoms with Crippen LogP contribution in [0.2, 0.25) is 0 Å². The minimum Gasteiger partial charge on any atom is -0.497 e. The number of nitrogens with two attached hydrogens (primary N) is 1. The first-order valence-electron chi connectivity index (χ1n) is 6.06. The number of hydrogen-bond acceptors (Lipinski definition) is 7. The van der Waals surface area contributed by atoms with Crippen molar-refractivity contribution in [1.29, 1.82) is 0 Å². The predicted molar refractivity (Wildman–Crippen MR) is 79.8 cm³/mol. The Labute approximate surface area is 121 Å². The Balaban J connectivity index is 2.50. The molecule has 0 aliphatic rings. The Bertz CT molecular complexity index is 662. The van der Waals surface area contributed by atoms with E-state index in [9.17, 15) is 10.1 Å². The number of nitrogen functional groups attached to an aromatic ring is 1. The van der Waals surface area contributed by atoms with E-state index >= 15 is 0 Å². The van der Waals surface area contributed by atoms with Gasteiger partial charge in [-0.15, -0.1) is 0 Å². The van der Waals surface area contributed by atoms with Crippen LogP contribution in [0, 0.1) is 10.1 Å². The smallest absolute Gasteiger partial charge is 0.312 e. The number of nitrogens with zero attached hydrogens (tertiary/aromatic N) is 3. The summed E-state index contributed by atoms with van der Waals surface area (Å²) >= 11 is 0. The molecule has 0 aliphatic carbocycles. The zero-order valence-corrected chi connectivity index (χ0v) is 11.6. The van der Waals surface area contributed by atoms with Crippen molar-refractivity contribution >= 4 is 23.0 Å². The first-order chi connectivity index (χ1) is 10.1. The van der Waals surface area contributed by atoms with Gasteiger partial charge in [-0.25, -0.2) is 10.8 Å². The van der Waals surface area contributed by atoms with Crippen LogP contribution in [-0.4, -0.2) is 24.1 Å². The molecule has 1 heterocycles. The topological polar surface area (TPSA) is 107 Å². The van der Waals surface area contributed by atoms with Crippen LogP contribution in [0.25, 0.3) is 0 Å². The van der Waals surface area contributed by atoms with Crippen molar-refractivity contribution in [3.8, 4) is 5.75 Å². The maximum atomic E-state index is 11.1. The molecular formula is C13H15N5O3. The van der Waals surface area contributed by atoms with E-state index in [1.807, 2.05) is 0 Å². The van der Waals surface area contributed by atoms with E-state index in [0.717, 1.165) is 0 Å². The van der Waals surface area contributed by atoms with Gasteiger partial charge in [0.25, 0.3) is 0 Å². The van der Waals surface area contributed by atoms with Gasteiger partial charge in [-0.2, -0.15) is 0 Å². The number of benzene rings is 1. The van der Waals surface area contributed by atoms with Gasteiger partial charge in [-0.3, -0.25) is 10.1 Å². The molecule has 0 fully saturated rings. The lowest BCUT2D eigenvalue weighted by molar-refractivity contribution is -0.384. The quantitative estimate of drug-likeness (QED) is 0.493. The van der Waals surface area contributed by atoms with Gasteiger partial charge in [0.05, 0.1) is 12.0 Å². The zero-order chi connectivity index (χ0) is 15.4. The van der Waals surface area contributed by atoms with E-state index in [-0.39, 0.29) is 11.5 Å². The van der Waals surface area contributed by atoms with Crippen LogP contribution in [-0.2, 0) is 0 Å². The number of rotatable bonds is 5. The summed E-state index contributed by atoms with van der Waals surface area (Å²) in [6.45, 7) is 0. The van der Waals surface area contributed by atoms with Crippen molar-refractivity contribution in [1.82, 2.24) is 4.98 Å². The molecule has 0 aliphatic heterocycles. The number of nitro groups is 1. The maximum absolute atomic E-state index is 11.1. The molecule has 0 saturated carbocycles. The van der Waals surface area contributed by atoms with Gasteiger partial charge in [0.1, 0.15) is 11.6 Å². The summed E-state index contributed by atoms with van der Waals surface area (Å²) in [5.74, 6) is 6.48. The molecule has 8 heteroatoms. The second-order valence-corrected chi connectivity index (χ2v) is 4.20. The third kappa shape index (κ3) is 3.00. The van der Waals surface area contributed by atoms with Gasteiger partial charge < -0.3 is 15.1 Å². The van der Waals surface area contributed by atoms with Gasteiger partial charge in [0, 0.05) is 24.9 Å². The van der Waals surface area contributed by atoms with Crippen LogP contribution < -0.4 is 20.9 Å². The van der Waals surface area contributed by atoms with E-state index in [1.165, 1.54) is 12.1 Å². The van der Waals surface area contributed by atoms with Crippen molar-refractivity contribution in [2.45, 2.75) is 0 Å². The molecule has 0 saturated heterocycles. The van der Waals surface area contributed by atoms with Gasteiger partial charge in [-0.1, -0.05) is 6.07 Å². The second-order valence-electron chi connectivity index (χ2n) is 4.20. The highest BCUT2D eigenvalue weighted by Crippen LogP contribution is 2.32. The molecule has 3 N–H and O–H groups in total. The Morgan fingerprint density at radius 3 is 2.76 bits per heavy atom. The molecule has 0 spiro atoms. The highest BCUT2D eigenvalue weighted by Gasteiger charge is 2.20. The number of hydrogen-bond donors (Lipinski definition) is 2. The fraction of sp³-hybridized carbons (Fsp3) is 0.154. The zero-order valence-electron chi connectivity index (χ0n) is 11.6. The normalized spacial score (nSPS) is 10.0. The molecule has 0 unspecified atom stereocenters. The summed E-state index contributed by atoms with van der Waals surface area (Å²) in [6.07, 6.45) is 0. The monoisotopic (exact) mass is 289 g/mol. The molecule has 8 nitrogen and oxygen atoms in total. The van der Waals surface area contributed by atoms with Crippen LogP contribution in [0.5, 0.6) is 5.75 Å². The summed E-state index contributed by atoms with van der Waals surface area (Å²) in [7, 11) is 3.24. The van der Waals surface area contributed by atoms with Crippen LogP contribution in [0.4, 0.5) is 23.0 Å². The number of aromatic nitrogens is 1. The number of ether oxygens (including phenoxy) is 1. The molecule has 2 aromatic rings. The molecule has 110 valence electrons. The molecule has 1 aromatic carbocycles. The van der Waals surface area contributed by atoms with E-state index in [4.69, 9.17) is 10.6 Å². The summed E-state index contributed by atoms with van der Waals surface area (Å²) < 4.78 is 5.15. The van der Waals surface area contributed by atoms with Crippen LogP contribution in [0.1, 0.15) is 0 Å². The highest BCUT2D eigenvalue weighted by molar-refractivity contribution is 5.70. The van der Waals surface area contributed by atoms with Crippen molar-refractivity contribution in [2.75, 3.05) is 24.5 Å². The van der Waals surface area contributed by atoms with Gasteiger partial charge >= 0.3 is 5.69 Å². The van der Waals surface area contributed by atoms with Crippen LogP contribution in [0.15, 0.2) is 36.4 Å². The summed E-state index contributed by atoms with van der Waals surface area (Å²) in [4.78, 5) is 16.4. The Hall–Kier alpha value is -2.87. The molecular weight excluding hydrogens is 274 g/mol. The second kappa shape index (κ2) is 6.06. The third-order valence-corrected chi connectivity index (χ3v) is 2.96. The number of anilines is 3. The van der Waals surface area contributed by atoms with E-state index < -0.39 is 4.92 Å². The Kier molecular flexibility index (Phi) is 4.19. The maximum Gasteiger partial charge on any atom is 0.312 e. The van der Waals surface area contributed by atoms with Gasteiger partial charge in [0.15, 0.2) is 0 Å². The van der Waals surface area contributed by atoms with Crippen molar-refractivity contribution < 1.29 is 9.66 Å². The fourth-order valence-electron chi connectivity index (χ4n) is 1.85. The van der Waals surface area contributed by atoms with Gasteiger partial charge in [0.2, 0.25) is 5.82 Å². The summed E-state index contributed by atoms with van der Waals surface area (Å²) in [6, 6.07) is 9.94. The average molecular weight is 289 g/mol. The highest BCUT2D eigenvalue weighted by atomic mass is 16.6. The van der Waals surface area contributed by atoms with Crippen LogP contribution >= 0.6 is 0 Å². The van der Waals surface area contributed by atoms with E-state index in [1.54, 1.807) is 43.3 Å². The molecule has 0 amide bonds. The standard InChI is InChI=1S/C13H15N5O3/c1-17(9-4-3-5-10(8-9)21-2)13-11(18(19)20)6-7-12(15-13)16-14/h3-8H,14H2,1-2H3,(H,15,16). The number of pyridine rings is 1. The average Bonchev–Trinajstić information content (AvgIpc) is 2.53. The van der Waals surface area contributed by atoms with Crippen molar-refractivity contribution in [3.05, 3.63) is 46.5 Å². The number of methoxy groups -OCH3 is 1. The van der Waals surface area contributed by atoms with E-state index in [0.29, 0.717) is 17.3 Å². The Morgan fingerprint density at radius 2 is 2.14 bits per heavy atom. The molecule has 0 radical (unpaired) electrons. The Morgan fingerprint density at radius 1 is 1.38 bits per heavy atom.